The van der Waals surface area contributed by atoms with Gasteiger partial charge in [0.05, 0.1) is 5.69 Å². The van der Waals surface area contributed by atoms with Gasteiger partial charge in [-0.15, -0.1) is 0 Å². The van der Waals surface area contributed by atoms with Gasteiger partial charge in [-0.05, 0) is 31.7 Å². The van der Waals surface area contributed by atoms with Crippen LogP contribution in [0.4, 0.5) is 0 Å². The molecule has 1 unspecified atom stereocenters. The van der Waals surface area contributed by atoms with Crippen molar-refractivity contribution in [2.75, 3.05) is 0 Å². The van der Waals surface area contributed by atoms with Crippen LogP contribution in [-0.4, -0.2) is 21.0 Å². The van der Waals surface area contributed by atoms with E-state index in [1.165, 1.54) is 11.1 Å². The molecule has 0 saturated heterocycles. The number of aromatic amines is 1. The van der Waals surface area contributed by atoms with Gasteiger partial charge in [-0.2, -0.15) is 0 Å². The first-order valence-electron chi connectivity index (χ1n) is 6.99. The van der Waals surface area contributed by atoms with Crippen LogP contribution in [0.3, 0.4) is 0 Å². The zero-order chi connectivity index (χ0) is 14.1. The van der Waals surface area contributed by atoms with Crippen molar-refractivity contribution < 1.29 is 9.90 Å². The molecular formula is C16H18N2O2. The minimum absolute atomic E-state index is 0.422. The maximum Gasteiger partial charge on any atom is 0.312 e. The molecule has 0 aliphatic heterocycles. The van der Waals surface area contributed by atoms with E-state index in [0.29, 0.717) is 6.42 Å². The summed E-state index contributed by atoms with van der Waals surface area (Å²) in [6.07, 6.45) is 3.21. The molecular weight excluding hydrogens is 252 g/mol. The van der Waals surface area contributed by atoms with E-state index in [2.05, 4.69) is 41.2 Å². The summed E-state index contributed by atoms with van der Waals surface area (Å²) < 4.78 is 0. The molecule has 1 aliphatic rings. The molecule has 2 aromatic rings. The fourth-order valence-electron chi connectivity index (χ4n) is 2.76. The quantitative estimate of drug-likeness (QED) is 0.897. The lowest BCUT2D eigenvalue weighted by molar-refractivity contribution is -0.138. The summed E-state index contributed by atoms with van der Waals surface area (Å²) in [5.41, 5.74) is 4.30. The smallest absolute Gasteiger partial charge is 0.312 e. The van der Waals surface area contributed by atoms with Crippen molar-refractivity contribution in [3.63, 3.8) is 0 Å². The third kappa shape index (κ3) is 2.46. The van der Waals surface area contributed by atoms with Crippen LogP contribution in [0.2, 0.25) is 0 Å². The maximum absolute atomic E-state index is 11.1. The van der Waals surface area contributed by atoms with E-state index < -0.39 is 11.9 Å². The van der Waals surface area contributed by atoms with Gasteiger partial charge in [0.2, 0.25) is 0 Å². The molecule has 20 heavy (non-hydrogen) atoms. The maximum atomic E-state index is 11.1. The summed E-state index contributed by atoms with van der Waals surface area (Å²) in [5, 5.41) is 9.15. The van der Waals surface area contributed by atoms with E-state index in [0.717, 1.165) is 36.5 Å². The Morgan fingerprint density at radius 2 is 2.10 bits per heavy atom. The number of nitrogens with one attached hydrogen (secondary N) is 1. The van der Waals surface area contributed by atoms with Crippen molar-refractivity contribution >= 4 is 5.97 Å². The van der Waals surface area contributed by atoms with Crippen LogP contribution in [0.5, 0.6) is 0 Å². The number of rotatable bonds is 4. The molecule has 4 heteroatoms. The van der Waals surface area contributed by atoms with Gasteiger partial charge in [0, 0.05) is 12.1 Å². The van der Waals surface area contributed by atoms with Crippen LogP contribution in [0.25, 0.3) is 0 Å². The molecule has 0 radical (unpaired) electrons. The number of aryl methyl sites for hydroxylation is 4. The Hall–Kier alpha value is -2.10. The largest absolute Gasteiger partial charge is 0.481 e. The third-order valence-corrected chi connectivity index (χ3v) is 3.94. The zero-order valence-corrected chi connectivity index (χ0v) is 11.5. The first kappa shape index (κ1) is 12.9. The van der Waals surface area contributed by atoms with Gasteiger partial charge in [-0.1, -0.05) is 29.8 Å². The number of nitrogens with zero attached hydrogens (tertiary/aromatic N) is 1. The highest BCUT2D eigenvalue weighted by molar-refractivity contribution is 5.76. The molecule has 2 N–H and O–H groups in total. The predicted octanol–water partition coefficient (Wildman–Crippen LogP) is 2.62. The monoisotopic (exact) mass is 270 g/mol. The van der Waals surface area contributed by atoms with Crippen LogP contribution in [-0.2, 0) is 24.1 Å². The highest BCUT2D eigenvalue weighted by atomic mass is 16.4. The Morgan fingerprint density at radius 3 is 2.80 bits per heavy atom. The van der Waals surface area contributed by atoms with E-state index in [1.807, 2.05) is 0 Å². The fourth-order valence-corrected chi connectivity index (χ4v) is 2.76. The molecule has 1 atom stereocenters. The fraction of sp³-hybridized carbons (Fsp3) is 0.375. The van der Waals surface area contributed by atoms with Crippen LogP contribution in [0.15, 0.2) is 24.3 Å². The van der Waals surface area contributed by atoms with E-state index in [1.54, 1.807) is 0 Å². The van der Waals surface area contributed by atoms with Crippen molar-refractivity contribution in [3.05, 3.63) is 52.6 Å². The molecule has 1 aliphatic carbocycles. The first-order valence-corrected chi connectivity index (χ1v) is 6.99. The van der Waals surface area contributed by atoms with Gasteiger partial charge in [0.1, 0.15) is 11.7 Å². The van der Waals surface area contributed by atoms with Crippen molar-refractivity contribution in [2.45, 2.75) is 38.5 Å². The standard InChI is InChI=1S/C16H18N2O2/c1-10-2-4-11(5-3-10)6-9-14-17-13-8-7-12(16(19)20)15(13)18-14/h2-5,12H,6-9H2,1H3,(H,17,18)(H,19,20). The number of carboxylic acids is 1. The van der Waals surface area contributed by atoms with Gasteiger partial charge in [-0.25, -0.2) is 4.98 Å². The minimum atomic E-state index is -0.764. The second kappa shape index (κ2) is 5.12. The van der Waals surface area contributed by atoms with Crippen LogP contribution < -0.4 is 0 Å². The van der Waals surface area contributed by atoms with E-state index >= 15 is 0 Å². The van der Waals surface area contributed by atoms with Crippen molar-refractivity contribution in [2.24, 2.45) is 0 Å². The number of aromatic nitrogens is 2. The first-order chi connectivity index (χ1) is 9.63. The number of imidazole rings is 1. The van der Waals surface area contributed by atoms with Gasteiger partial charge in [0.15, 0.2) is 0 Å². The van der Waals surface area contributed by atoms with E-state index in [4.69, 9.17) is 5.11 Å². The number of fused-ring (bicyclic) bond motifs is 1. The topological polar surface area (TPSA) is 66.0 Å². The Morgan fingerprint density at radius 1 is 1.35 bits per heavy atom. The number of benzene rings is 1. The lowest BCUT2D eigenvalue weighted by atomic mass is 10.1. The lowest BCUT2D eigenvalue weighted by Crippen LogP contribution is -2.08. The average molecular weight is 270 g/mol. The van der Waals surface area contributed by atoms with Gasteiger partial charge in [-0.3, -0.25) is 4.79 Å². The number of carboxylic acid groups (broad SMARTS) is 1. The molecule has 1 aromatic heterocycles. The van der Waals surface area contributed by atoms with Crippen LogP contribution in [0.1, 0.15) is 40.7 Å². The third-order valence-electron chi connectivity index (χ3n) is 3.94. The predicted molar refractivity (Wildman–Crippen MR) is 75.9 cm³/mol. The summed E-state index contributed by atoms with van der Waals surface area (Å²) in [6, 6.07) is 8.48. The molecule has 0 bridgehead atoms. The summed E-state index contributed by atoms with van der Waals surface area (Å²) in [7, 11) is 0. The Balaban J connectivity index is 1.69. The Kier molecular flexibility index (Phi) is 3.30. The SMILES string of the molecule is Cc1ccc(CCc2nc3c([nH]2)CCC3C(=O)O)cc1. The van der Waals surface area contributed by atoms with E-state index in [9.17, 15) is 4.79 Å². The second-order valence-corrected chi connectivity index (χ2v) is 5.46. The number of hydrogen-bond donors (Lipinski definition) is 2. The van der Waals surface area contributed by atoms with E-state index in [-0.39, 0.29) is 0 Å². The summed E-state index contributed by atoms with van der Waals surface area (Å²) in [4.78, 5) is 18.9. The minimum Gasteiger partial charge on any atom is -0.481 e. The molecule has 3 rings (SSSR count). The van der Waals surface area contributed by atoms with Crippen LogP contribution >= 0.6 is 0 Å². The molecule has 0 spiro atoms. The van der Waals surface area contributed by atoms with Gasteiger partial charge >= 0.3 is 5.97 Å². The molecule has 1 aromatic carbocycles. The zero-order valence-electron chi connectivity index (χ0n) is 11.5. The molecule has 0 amide bonds. The molecule has 0 fully saturated rings. The Labute approximate surface area is 117 Å². The number of H-pyrrole nitrogens is 1. The summed E-state index contributed by atoms with van der Waals surface area (Å²) in [6.45, 7) is 2.08. The normalized spacial score (nSPS) is 17.1. The molecule has 1 heterocycles. The Bertz CT molecular complexity index is 628. The lowest BCUT2D eigenvalue weighted by Gasteiger charge is -2.02. The number of carbonyl (C=O) groups is 1. The highest BCUT2D eigenvalue weighted by Crippen LogP contribution is 2.31. The van der Waals surface area contributed by atoms with Crippen molar-refractivity contribution in [1.29, 1.82) is 0 Å². The van der Waals surface area contributed by atoms with Crippen molar-refractivity contribution in [3.8, 4) is 0 Å². The molecule has 0 saturated carbocycles. The van der Waals surface area contributed by atoms with Crippen LogP contribution in [0, 0.1) is 6.92 Å². The molecule has 104 valence electrons. The summed E-state index contributed by atoms with van der Waals surface area (Å²) in [5.74, 6) is -0.281. The summed E-state index contributed by atoms with van der Waals surface area (Å²) >= 11 is 0. The van der Waals surface area contributed by atoms with Crippen molar-refractivity contribution in [1.82, 2.24) is 9.97 Å². The van der Waals surface area contributed by atoms with Gasteiger partial charge in [0.25, 0.3) is 0 Å². The highest BCUT2D eigenvalue weighted by Gasteiger charge is 2.31. The molecule has 4 nitrogen and oxygen atoms in total. The number of hydrogen-bond acceptors (Lipinski definition) is 2. The average Bonchev–Trinajstić information content (AvgIpc) is 2.97. The second-order valence-electron chi connectivity index (χ2n) is 5.46. The number of aliphatic carboxylic acids is 1. The van der Waals surface area contributed by atoms with Gasteiger partial charge < -0.3 is 10.1 Å².